The van der Waals surface area contributed by atoms with Gasteiger partial charge in [-0.25, -0.2) is 4.79 Å². The summed E-state index contributed by atoms with van der Waals surface area (Å²) in [6.07, 6.45) is 3.32. The lowest BCUT2D eigenvalue weighted by atomic mass is 9.94. The summed E-state index contributed by atoms with van der Waals surface area (Å²) >= 11 is 0. The van der Waals surface area contributed by atoms with Crippen molar-refractivity contribution in [3.63, 3.8) is 0 Å². The monoisotopic (exact) mass is 242 g/mol. The van der Waals surface area contributed by atoms with E-state index in [1.165, 1.54) is 13.5 Å². The molecule has 0 aromatic rings. The molecule has 1 aliphatic heterocycles. The summed E-state index contributed by atoms with van der Waals surface area (Å²) in [6, 6.07) is -0.0818. The first kappa shape index (κ1) is 13.8. The van der Waals surface area contributed by atoms with Gasteiger partial charge in [0.2, 0.25) is 0 Å². The van der Waals surface area contributed by atoms with Crippen molar-refractivity contribution < 1.29 is 14.3 Å². The van der Waals surface area contributed by atoms with Crippen molar-refractivity contribution in [3.05, 3.63) is 0 Å². The number of nitrogens with one attached hydrogen (secondary N) is 1. The number of methoxy groups -OCH3 is 1. The first-order valence-electron chi connectivity index (χ1n) is 6.08. The maximum Gasteiger partial charge on any atom is 0.317 e. The van der Waals surface area contributed by atoms with Gasteiger partial charge in [0.15, 0.2) is 0 Å². The van der Waals surface area contributed by atoms with Crippen LogP contribution in [0.5, 0.6) is 0 Å². The molecule has 5 nitrogen and oxygen atoms in total. The maximum atomic E-state index is 11.8. The van der Waals surface area contributed by atoms with Crippen LogP contribution in [0.1, 0.15) is 33.1 Å². The van der Waals surface area contributed by atoms with E-state index in [0.29, 0.717) is 6.54 Å². The summed E-state index contributed by atoms with van der Waals surface area (Å²) < 4.78 is 4.69. The van der Waals surface area contributed by atoms with Crippen molar-refractivity contribution in [2.75, 3.05) is 26.7 Å². The zero-order chi connectivity index (χ0) is 12.9. The molecule has 5 heteroatoms. The van der Waals surface area contributed by atoms with Crippen LogP contribution in [0.2, 0.25) is 0 Å². The quantitative estimate of drug-likeness (QED) is 0.761. The zero-order valence-corrected chi connectivity index (χ0v) is 10.9. The van der Waals surface area contributed by atoms with E-state index in [1.54, 1.807) is 18.7 Å². The van der Waals surface area contributed by atoms with Crippen molar-refractivity contribution in [1.82, 2.24) is 10.2 Å². The SMILES string of the molecule is COC(=O)C(C)(C)CNC(=O)N1CCCCC1. The number of carbonyl (C=O) groups is 2. The highest BCUT2D eigenvalue weighted by molar-refractivity contribution is 5.78. The lowest BCUT2D eigenvalue weighted by molar-refractivity contribution is -0.150. The molecular formula is C12H22N2O3. The van der Waals surface area contributed by atoms with Gasteiger partial charge in [-0.15, -0.1) is 0 Å². The van der Waals surface area contributed by atoms with Crippen molar-refractivity contribution in [2.24, 2.45) is 5.41 Å². The molecular weight excluding hydrogens is 220 g/mol. The summed E-state index contributed by atoms with van der Waals surface area (Å²) in [6.45, 7) is 5.44. The van der Waals surface area contributed by atoms with Gasteiger partial charge in [-0.2, -0.15) is 0 Å². The molecule has 0 unspecified atom stereocenters. The third kappa shape index (κ3) is 3.91. The van der Waals surface area contributed by atoms with Gasteiger partial charge in [0, 0.05) is 19.6 Å². The Labute approximate surface area is 102 Å². The first-order valence-corrected chi connectivity index (χ1v) is 6.08. The number of hydrogen-bond acceptors (Lipinski definition) is 3. The van der Waals surface area contributed by atoms with Crippen LogP contribution in [0.3, 0.4) is 0 Å². The molecule has 0 radical (unpaired) electrons. The largest absolute Gasteiger partial charge is 0.469 e. The Morgan fingerprint density at radius 3 is 2.35 bits per heavy atom. The van der Waals surface area contributed by atoms with Crippen molar-refractivity contribution in [3.8, 4) is 0 Å². The minimum atomic E-state index is -0.680. The van der Waals surface area contributed by atoms with E-state index >= 15 is 0 Å². The molecule has 98 valence electrons. The average Bonchev–Trinajstić information content (AvgIpc) is 2.36. The first-order chi connectivity index (χ1) is 7.97. The van der Waals surface area contributed by atoms with Gasteiger partial charge in [0.25, 0.3) is 0 Å². The van der Waals surface area contributed by atoms with E-state index in [2.05, 4.69) is 10.1 Å². The number of urea groups is 1. The Kier molecular flexibility index (Phi) is 4.78. The Morgan fingerprint density at radius 2 is 1.82 bits per heavy atom. The minimum absolute atomic E-state index is 0.0818. The molecule has 17 heavy (non-hydrogen) atoms. The predicted octanol–water partition coefficient (Wildman–Crippen LogP) is 1.38. The van der Waals surface area contributed by atoms with Gasteiger partial charge in [-0.05, 0) is 33.1 Å². The van der Waals surface area contributed by atoms with Crippen LogP contribution in [-0.2, 0) is 9.53 Å². The topological polar surface area (TPSA) is 58.6 Å². The van der Waals surface area contributed by atoms with Crippen LogP contribution in [0.15, 0.2) is 0 Å². The minimum Gasteiger partial charge on any atom is -0.469 e. The fraction of sp³-hybridized carbons (Fsp3) is 0.833. The second-order valence-electron chi connectivity index (χ2n) is 5.08. The molecule has 0 bridgehead atoms. The molecule has 1 fully saturated rings. The van der Waals surface area contributed by atoms with E-state index in [1.807, 2.05) is 0 Å². The number of rotatable bonds is 3. The number of hydrogen-bond donors (Lipinski definition) is 1. The van der Waals surface area contributed by atoms with Gasteiger partial charge in [0.05, 0.1) is 12.5 Å². The van der Waals surface area contributed by atoms with Crippen molar-refractivity contribution in [2.45, 2.75) is 33.1 Å². The Balaban J connectivity index is 2.39. The normalized spacial score (nSPS) is 16.5. The van der Waals surface area contributed by atoms with Crippen LogP contribution < -0.4 is 5.32 Å². The molecule has 0 aromatic carbocycles. The van der Waals surface area contributed by atoms with Crippen LogP contribution in [0, 0.1) is 5.41 Å². The number of piperidine rings is 1. The van der Waals surface area contributed by atoms with Gasteiger partial charge < -0.3 is 15.0 Å². The predicted molar refractivity (Wildman–Crippen MR) is 64.6 cm³/mol. The average molecular weight is 242 g/mol. The number of nitrogens with zero attached hydrogens (tertiary/aromatic N) is 1. The molecule has 1 N–H and O–H groups in total. The number of ether oxygens (including phenoxy) is 1. The molecule has 0 spiro atoms. The van der Waals surface area contributed by atoms with Crippen LogP contribution in [-0.4, -0.2) is 43.6 Å². The summed E-state index contributed by atoms with van der Waals surface area (Å²) in [4.78, 5) is 25.1. The van der Waals surface area contributed by atoms with Gasteiger partial charge in [0.1, 0.15) is 0 Å². The summed E-state index contributed by atoms with van der Waals surface area (Å²) in [7, 11) is 1.36. The number of amides is 2. The fourth-order valence-corrected chi connectivity index (χ4v) is 1.85. The Bertz CT molecular complexity index is 283. The van der Waals surface area contributed by atoms with E-state index < -0.39 is 5.41 Å². The highest BCUT2D eigenvalue weighted by Crippen LogP contribution is 2.16. The zero-order valence-electron chi connectivity index (χ0n) is 10.9. The summed E-state index contributed by atoms with van der Waals surface area (Å²) in [5.41, 5.74) is -0.680. The van der Waals surface area contributed by atoms with E-state index in [4.69, 9.17) is 0 Å². The lowest BCUT2D eigenvalue weighted by Gasteiger charge is -2.29. The fourth-order valence-electron chi connectivity index (χ4n) is 1.85. The van der Waals surface area contributed by atoms with E-state index in [-0.39, 0.29) is 12.0 Å². The number of likely N-dealkylation sites (tertiary alicyclic amines) is 1. The summed E-state index contributed by atoms with van der Waals surface area (Å²) in [5, 5.41) is 2.79. The number of carbonyl (C=O) groups excluding carboxylic acids is 2. The molecule has 0 atom stereocenters. The van der Waals surface area contributed by atoms with Gasteiger partial charge in [-0.1, -0.05) is 0 Å². The Morgan fingerprint density at radius 1 is 1.24 bits per heavy atom. The standard InChI is InChI=1S/C12H22N2O3/c1-12(2,10(15)17-3)9-13-11(16)14-7-5-4-6-8-14/h4-9H2,1-3H3,(H,13,16). The lowest BCUT2D eigenvalue weighted by Crippen LogP contribution is -2.47. The second-order valence-corrected chi connectivity index (χ2v) is 5.08. The van der Waals surface area contributed by atoms with Crippen LogP contribution in [0.4, 0.5) is 4.79 Å². The van der Waals surface area contributed by atoms with Gasteiger partial charge >= 0.3 is 12.0 Å². The molecule has 1 heterocycles. The van der Waals surface area contributed by atoms with Crippen molar-refractivity contribution in [1.29, 1.82) is 0 Å². The molecule has 0 saturated carbocycles. The molecule has 2 amide bonds. The molecule has 1 saturated heterocycles. The highest BCUT2D eigenvalue weighted by atomic mass is 16.5. The molecule has 1 rings (SSSR count). The van der Waals surface area contributed by atoms with E-state index in [0.717, 1.165) is 25.9 Å². The summed E-state index contributed by atoms with van der Waals surface area (Å²) in [5.74, 6) is -0.309. The second kappa shape index (κ2) is 5.89. The maximum absolute atomic E-state index is 11.8. The third-order valence-corrected chi connectivity index (χ3v) is 3.06. The van der Waals surface area contributed by atoms with Crippen molar-refractivity contribution >= 4 is 12.0 Å². The third-order valence-electron chi connectivity index (χ3n) is 3.06. The van der Waals surface area contributed by atoms with Crippen LogP contribution >= 0.6 is 0 Å². The van der Waals surface area contributed by atoms with Crippen LogP contribution in [0.25, 0.3) is 0 Å². The highest BCUT2D eigenvalue weighted by Gasteiger charge is 2.30. The van der Waals surface area contributed by atoms with Gasteiger partial charge in [-0.3, -0.25) is 4.79 Å². The van der Waals surface area contributed by atoms with E-state index in [9.17, 15) is 9.59 Å². The molecule has 0 aliphatic carbocycles. The smallest absolute Gasteiger partial charge is 0.317 e. The molecule has 0 aromatic heterocycles. The Hall–Kier alpha value is -1.26. The molecule has 1 aliphatic rings. The number of esters is 1.